The highest BCUT2D eigenvalue weighted by molar-refractivity contribution is 7.11. The van der Waals surface area contributed by atoms with Crippen molar-refractivity contribution in [3.63, 3.8) is 0 Å². The third-order valence-electron chi connectivity index (χ3n) is 2.73. The van der Waals surface area contributed by atoms with Gasteiger partial charge in [0.1, 0.15) is 11.5 Å². The molecule has 1 N–H and O–H groups in total. The molecule has 114 valence electrons. The van der Waals surface area contributed by atoms with Crippen LogP contribution >= 0.6 is 11.3 Å². The highest BCUT2D eigenvalue weighted by Crippen LogP contribution is 2.12. The molecule has 3 aromatic heterocycles. The molecule has 0 fully saturated rings. The first-order valence-electron chi connectivity index (χ1n) is 7.05. The molecule has 0 aliphatic rings. The van der Waals surface area contributed by atoms with Crippen molar-refractivity contribution in [3.05, 3.63) is 69.1 Å². The first-order valence-corrected chi connectivity index (χ1v) is 7.87. The van der Waals surface area contributed by atoms with E-state index < -0.39 is 0 Å². The van der Waals surface area contributed by atoms with E-state index in [1.807, 2.05) is 51.2 Å². The largest absolute Gasteiger partial charge is 0.467 e. The standard InChI is InChI=1S/C6H9N.C6H8O.C6H8S/c3*1-5-3-4-6(2)7-5/h3-4,7H,1-2H3;2*3-4H,1-2H3. The molecule has 0 bridgehead atoms. The minimum atomic E-state index is 0.984. The summed E-state index contributed by atoms with van der Waals surface area (Å²) < 4.78 is 5.08. The van der Waals surface area contributed by atoms with Gasteiger partial charge in [-0.05, 0) is 77.9 Å². The van der Waals surface area contributed by atoms with Gasteiger partial charge >= 0.3 is 0 Å². The van der Waals surface area contributed by atoms with Crippen LogP contribution in [-0.4, -0.2) is 4.98 Å². The second-order valence-corrected chi connectivity index (χ2v) is 6.63. The van der Waals surface area contributed by atoms with Gasteiger partial charge in [0.25, 0.3) is 0 Å². The second kappa shape index (κ2) is 8.53. The van der Waals surface area contributed by atoms with E-state index in [1.165, 1.54) is 21.1 Å². The molecular weight excluding hydrogens is 278 g/mol. The van der Waals surface area contributed by atoms with Crippen molar-refractivity contribution in [1.82, 2.24) is 4.98 Å². The van der Waals surface area contributed by atoms with Crippen LogP contribution in [0.2, 0.25) is 0 Å². The molecule has 2 nitrogen and oxygen atoms in total. The maximum atomic E-state index is 5.08. The number of thiophene rings is 1. The molecular formula is C18H25NOS. The summed E-state index contributed by atoms with van der Waals surface area (Å²) in [6, 6.07) is 12.3. The van der Waals surface area contributed by atoms with Gasteiger partial charge in [0.2, 0.25) is 0 Å². The van der Waals surface area contributed by atoms with Crippen molar-refractivity contribution in [3.8, 4) is 0 Å². The molecule has 0 aromatic carbocycles. The smallest absolute Gasteiger partial charge is 0.101 e. The van der Waals surface area contributed by atoms with Crippen LogP contribution in [0.15, 0.2) is 40.8 Å². The molecule has 0 aliphatic carbocycles. The highest BCUT2D eigenvalue weighted by atomic mass is 32.1. The quantitative estimate of drug-likeness (QED) is 0.551. The third kappa shape index (κ3) is 7.57. The fraction of sp³-hybridized carbons (Fsp3) is 0.333. The van der Waals surface area contributed by atoms with E-state index in [2.05, 4.69) is 43.1 Å². The summed E-state index contributed by atoms with van der Waals surface area (Å²) >= 11 is 1.84. The number of aromatic amines is 1. The fourth-order valence-corrected chi connectivity index (χ4v) is 2.54. The zero-order valence-electron chi connectivity index (χ0n) is 13.8. The van der Waals surface area contributed by atoms with E-state index in [1.54, 1.807) is 0 Å². The van der Waals surface area contributed by atoms with Gasteiger partial charge in [0.15, 0.2) is 0 Å². The lowest BCUT2D eigenvalue weighted by Gasteiger charge is -1.77. The Morgan fingerprint density at radius 2 is 1.10 bits per heavy atom. The predicted molar refractivity (Wildman–Crippen MR) is 92.2 cm³/mol. The van der Waals surface area contributed by atoms with E-state index in [4.69, 9.17) is 4.42 Å². The molecule has 3 aromatic rings. The fourth-order valence-electron chi connectivity index (χ4n) is 1.76. The Morgan fingerprint density at radius 1 is 0.667 bits per heavy atom. The Morgan fingerprint density at radius 3 is 1.24 bits per heavy atom. The zero-order valence-corrected chi connectivity index (χ0v) is 14.6. The minimum Gasteiger partial charge on any atom is -0.467 e. The molecule has 0 saturated heterocycles. The average Bonchev–Trinajstić information content (AvgIpc) is 3.06. The summed E-state index contributed by atoms with van der Waals surface area (Å²) in [4.78, 5) is 5.94. The molecule has 3 rings (SSSR count). The number of H-pyrrole nitrogens is 1. The SMILES string of the molecule is Cc1ccc(C)[nH]1.Cc1ccc(C)o1.Cc1ccc(C)s1. The lowest BCUT2D eigenvalue weighted by atomic mass is 10.5. The van der Waals surface area contributed by atoms with Crippen molar-refractivity contribution < 1.29 is 4.42 Å². The van der Waals surface area contributed by atoms with Gasteiger partial charge in [-0.15, -0.1) is 11.3 Å². The molecule has 0 aliphatic heterocycles. The second-order valence-electron chi connectivity index (χ2n) is 5.14. The normalized spacial score (nSPS) is 9.43. The van der Waals surface area contributed by atoms with Crippen LogP contribution in [-0.2, 0) is 0 Å². The van der Waals surface area contributed by atoms with E-state index in [0.29, 0.717) is 0 Å². The van der Waals surface area contributed by atoms with Crippen molar-refractivity contribution in [2.45, 2.75) is 41.5 Å². The van der Waals surface area contributed by atoms with Crippen molar-refractivity contribution in [2.24, 2.45) is 0 Å². The summed E-state index contributed by atoms with van der Waals surface area (Å²) in [7, 11) is 0. The Kier molecular flexibility index (Phi) is 7.03. The summed E-state index contributed by atoms with van der Waals surface area (Å²) in [6.45, 7) is 12.2. The lowest BCUT2D eigenvalue weighted by molar-refractivity contribution is 0.504. The maximum absolute atomic E-state index is 5.08. The summed E-state index contributed by atoms with van der Waals surface area (Å²) in [5.74, 6) is 1.97. The topological polar surface area (TPSA) is 28.9 Å². The van der Waals surface area contributed by atoms with Gasteiger partial charge in [-0.2, -0.15) is 0 Å². The van der Waals surface area contributed by atoms with Gasteiger partial charge in [0, 0.05) is 21.1 Å². The highest BCUT2D eigenvalue weighted by Gasteiger charge is 1.86. The maximum Gasteiger partial charge on any atom is 0.101 e. The van der Waals surface area contributed by atoms with Crippen LogP contribution in [0.1, 0.15) is 32.7 Å². The van der Waals surface area contributed by atoms with Crippen molar-refractivity contribution in [1.29, 1.82) is 0 Å². The third-order valence-corrected chi connectivity index (χ3v) is 3.64. The van der Waals surface area contributed by atoms with Crippen LogP contribution < -0.4 is 0 Å². The lowest BCUT2D eigenvalue weighted by Crippen LogP contribution is -1.67. The van der Waals surface area contributed by atoms with Crippen LogP contribution in [0.25, 0.3) is 0 Å². The summed E-state index contributed by atoms with van der Waals surface area (Å²) in [5, 5.41) is 0. The molecule has 3 heterocycles. The number of aryl methyl sites for hydroxylation is 6. The summed E-state index contributed by atoms with van der Waals surface area (Å²) in [5.41, 5.74) is 2.47. The van der Waals surface area contributed by atoms with Crippen LogP contribution in [0, 0.1) is 41.5 Å². The van der Waals surface area contributed by atoms with E-state index in [9.17, 15) is 0 Å². The van der Waals surface area contributed by atoms with E-state index in [0.717, 1.165) is 11.5 Å². The van der Waals surface area contributed by atoms with Crippen molar-refractivity contribution in [2.75, 3.05) is 0 Å². The van der Waals surface area contributed by atoms with Gasteiger partial charge in [-0.3, -0.25) is 0 Å². The number of hydrogen-bond donors (Lipinski definition) is 1. The van der Waals surface area contributed by atoms with E-state index >= 15 is 0 Å². The predicted octanol–water partition coefficient (Wildman–Crippen LogP) is 5.89. The molecule has 0 atom stereocenters. The van der Waals surface area contributed by atoms with Gasteiger partial charge in [-0.1, -0.05) is 0 Å². The molecule has 0 radical (unpaired) electrons. The Balaban J connectivity index is 0.000000157. The van der Waals surface area contributed by atoms with Crippen molar-refractivity contribution >= 4 is 11.3 Å². The van der Waals surface area contributed by atoms with Crippen LogP contribution in [0.5, 0.6) is 0 Å². The average molecular weight is 303 g/mol. The molecule has 0 amide bonds. The number of nitrogens with one attached hydrogen (secondary N) is 1. The minimum absolute atomic E-state index is 0.984. The monoisotopic (exact) mass is 303 g/mol. The van der Waals surface area contributed by atoms with Crippen LogP contribution in [0.4, 0.5) is 0 Å². The van der Waals surface area contributed by atoms with E-state index in [-0.39, 0.29) is 0 Å². The van der Waals surface area contributed by atoms with Gasteiger partial charge in [0.05, 0.1) is 0 Å². The number of aromatic nitrogens is 1. The zero-order chi connectivity index (χ0) is 15.8. The first kappa shape index (κ1) is 17.3. The molecule has 0 unspecified atom stereocenters. The summed E-state index contributed by atoms with van der Waals surface area (Å²) in [6.07, 6.45) is 0. The number of hydrogen-bond acceptors (Lipinski definition) is 2. The van der Waals surface area contributed by atoms with Gasteiger partial charge in [-0.25, -0.2) is 0 Å². The molecule has 21 heavy (non-hydrogen) atoms. The first-order chi connectivity index (χ1) is 9.86. The Bertz CT molecular complexity index is 505. The molecule has 3 heteroatoms. The van der Waals surface area contributed by atoms with Gasteiger partial charge < -0.3 is 9.40 Å². The Labute approximate surface area is 131 Å². The van der Waals surface area contributed by atoms with Crippen LogP contribution in [0.3, 0.4) is 0 Å². The molecule has 0 saturated carbocycles. The number of furan rings is 1. The number of rotatable bonds is 0. The Hall–Kier alpha value is -1.74. The molecule has 0 spiro atoms.